The average molecular weight is 154 g/mol. The van der Waals surface area contributed by atoms with Gasteiger partial charge in [0, 0.05) is 6.04 Å². The molecule has 1 unspecified atom stereocenters. The summed E-state index contributed by atoms with van der Waals surface area (Å²) in [7, 11) is 0. The van der Waals surface area contributed by atoms with Gasteiger partial charge in [-0.3, -0.25) is 0 Å². The molecule has 0 aromatic heterocycles. The highest BCUT2D eigenvalue weighted by Crippen LogP contribution is 2.16. The minimum absolute atomic E-state index is 0.342. The van der Waals surface area contributed by atoms with Crippen molar-refractivity contribution in [2.24, 2.45) is 11.7 Å². The maximum Gasteiger partial charge on any atom is 0.0103 e. The van der Waals surface area contributed by atoms with Crippen molar-refractivity contribution < 1.29 is 0 Å². The molecular weight excluding hydrogens is 136 g/mol. The molecule has 1 rings (SSSR count). The van der Waals surface area contributed by atoms with Crippen molar-refractivity contribution in [2.45, 2.75) is 25.3 Å². The largest absolute Gasteiger partial charge is 0.327 e. The number of piperidine rings is 1. The Morgan fingerprint density at radius 1 is 1.55 bits per heavy atom. The van der Waals surface area contributed by atoms with Crippen LogP contribution in [0.4, 0.5) is 0 Å². The summed E-state index contributed by atoms with van der Waals surface area (Å²) < 4.78 is 0. The van der Waals surface area contributed by atoms with Crippen LogP contribution in [-0.2, 0) is 0 Å². The summed E-state index contributed by atoms with van der Waals surface area (Å²) in [6.45, 7) is 5.97. The lowest BCUT2D eigenvalue weighted by Crippen LogP contribution is -2.38. The number of nitrogens with two attached hydrogens (primary N) is 1. The second kappa shape index (κ2) is 4.52. The third-order valence-corrected chi connectivity index (χ3v) is 2.43. The van der Waals surface area contributed by atoms with Crippen molar-refractivity contribution in [3.8, 4) is 0 Å². The highest BCUT2D eigenvalue weighted by atomic mass is 14.9. The number of hydrogen-bond donors (Lipinski definition) is 2. The first-order valence-electron chi connectivity index (χ1n) is 4.42. The van der Waals surface area contributed by atoms with Crippen LogP contribution in [0.2, 0.25) is 0 Å². The summed E-state index contributed by atoms with van der Waals surface area (Å²) in [6, 6.07) is 0.342. The molecule has 0 bridgehead atoms. The lowest BCUT2D eigenvalue weighted by atomic mass is 9.89. The quantitative estimate of drug-likeness (QED) is 0.592. The zero-order valence-corrected chi connectivity index (χ0v) is 7.05. The molecule has 0 aromatic rings. The Kier molecular flexibility index (Phi) is 3.60. The highest BCUT2D eigenvalue weighted by molar-refractivity contribution is 4.83. The van der Waals surface area contributed by atoms with Gasteiger partial charge in [-0.05, 0) is 38.3 Å². The second-order valence-electron chi connectivity index (χ2n) is 3.28. The van der Waals surface area contributed by atoms with E-state index in [1.807, 2.05) is 6.08 Å². The van der Waals surface area contributed by atoms with E-state index >= 15 is 0 Å². The zero-order chi connectivity index (χ0) is 8.10. The van der Waals surface area contributed by atoms with Crippen LogP contribution in [0.1, 0.15) is 19.3 Å². The molecule has 2 heteroatoms. The molecule has 3 N–H and O–H groups in total. The molecule has 1 atom stereocenters. The van der Waals surface area contributed by atoms with Gasteiger partial charge in [-0.25, -0.2) is 0 Å². The van der Waals surface area contributed by atoms with E-state index in [9.17, 15) is 0 Å². The molecule has 1 saturated heterocycles. The second-order valence-corrected chi connectivity index (χ2v) is 3.28. The smallest absolute Gasteiger partial charge is 0.0103 e. The monoisotopic (exact) mass is 154 g/mol. The predicted molar refractivity (Wildman–Crippen MR) is 48.4 cm³/mol. The van der Waals surface area contributed by atoms with Crippen LogP contribution in [0.25, 0.3) is 0 Å². The first-order valence-corrected chi connectivity index (χ1v) is 4.42. The fourth-order valence-corrected chi connectivity index (χ4v) is 1.66. The predicted octanol–water partition coefficient (Wildman–Crippen LogP) is 0.889. The summed E-state index contributed by atoms with van der Waals surface area (Å²) in [5.74, 6) is 0.717. The van der Waals surface area contributed by atoms with Crippen LogP contribution in [-0.4, -0.2) is 19.1 Å². The van der Waals surface area contributed by atoms with Gasteiger partial charge in [-0.1, -0.05) is 6.08 Å². The normalized spacial score (nSPS) is 23.0. The third kappa shape index (κ3) is 2.64. The van der Waals surface area contributed by atoms with Crippen LogP contribution < -0.4 is 11.1 Å². The van der Waals surface area contributed by atoms with Crippen LogP contribution in [0.5, 0.6) is 0 Å². The molecular formula is C9H18N2. The molecule has 1 aliphatic rings. The Labute approximate surface area is 68.9 Å². The molecule has 1 heterocycles. The minimum Gasteiger partial charge on any atom is -0.327 e. The van der Waals surface area contributed by atoms with Gasteiger partial charge < -0.3 is 11.1 Å². The van der Waals surface area contributed by atoms with Crippen molar-refractivity contribution >= 4 is 0 Å². The van der Waals surface area contributed by atoms with Crippen LogP contribution in [0.3, 0.4) is 0 Å². The zero-order valence-electron chi connectivity index (χ0n) is 7.05. The van der Waals surface area contributed by atoms with Gasteiger partial charge in [0.1, 0.15) is 0 Å². The van der Waals surface area contributed by atoms with Crippen LogP contribution in [0.15, 0.2) is 12.7 Å². The van der Waals surface area contributed by atoms with E-state index in [4.69, 9.17) is 5.73 Å². The summed E-state index contributed by atoms with van der Waals surface area (Å²) in [5.41, 5.74) is 5.96. The average Bonchev–Trinajstić information content (AvgIpc) is 2.07. The SMILES string of the molecule is C=CCC(N)C1CCNCC1. The maximum absolute atomic E-state index is 5.96. The number of rotatable bonds is 3. The number of hydrogen-bond acceptors (Lipinski definition) is 2. The molecule has 0 spiro atoms. The molecule has 0 amide bonds. The standard InChI is InChI=1S/C9H18N2/c1-2-3-9(10)8-4-6-11-7-5-8/h2,8-9,11H,1,3-7,10H2. The fraction of sp³-hybridized carbons (Fsp3) is 0.778. The minimum atomic E-state index is 0.342. The first kappa shape index (κ1) is 8.75. The summed E-state index contributed by atoms with van der Waals surface area (Å²) in [5, 5.41) is 3.33. The van der Waals surface area contributed by atoms with E-state index < -0.39 is 0 Å². The van der Waals surface area contributed by atoms with Crippen LogP contribution in [0, 0.1) is 5.92 Å². The van der Waals surface area contributed by atoms with Gasteiger partial charge in [0.15, 0.2) is 0 Å². The van der Waals surface area contributed by atoms with Crippen LogP contribution >= 0.6 is 0 Å². The van der Waals surface area contributed by atoms with Crippen molar-refractivity contribution in [3.05, 3.63) is 12.7 Å². The Morgan fingerprint density at radius 3 is 2.73 bits per heavy atom. The third-order valence-electron chi connectivity index (χ3n) is 2.43. The summed E-state index contributed by atoms with van der Waals surface area (Å²) >= 11 is 0. The molecule has 64 valence electrons. The Hall–Kier alpha value is -0.340. The van der Waals surface area contributed by atoms with Gasteiger partial charge in [-0.2, -0.15) is 0 Å². The van der Waals surface area contributed by atoms with Crippen molar-refractivity contribution in [3.63, 3.8) is 0 Å². The van der Waals surface area contributed by atoms with E-state index in [-0.39, 0.29) is 0 Å². The van der Waals surface area contributed by atoms with E-state index in [2.05, 4.69) is 11.9 Å². The molecule has 0 aliphatic carbocycles. The van der Waals surface area contributed by atoms with Gasteiger partial charge in [0.05, 0.1) is 0 Å². The van der Waals surface area contributed by atoms with E-state index in [1.165, 1.54) is 12.8 Å². The fourth-order valence-electron chi connectivity index (χ4n) is 1.66. The molecule has 0 radical (unpaired) electrons. The molecule has 2 nitrogen and oxygen atoms in total. The molecule has 11 heavy (non-hydrogen) atoms. The van der Waals surface area contributed by atoms with Gasteiger partial charge in [0.25, 0.3) is 0 Å². The van der Waals surface area contributed by atoms with Crippen molar-refractivity contribution in [2.75, 3.05) is 13.1 Å². The van der Waals surface area contributed by atoms with Crippen molar-refractivity contribution in [1.29, 1.82) is 0 Å². The van der Waals surface area contributed by atoms with Crippen molar-refractivity contribution in [1.82, 2.24) is 5.32 Å². The van der Waals surface area contributed by atoms with Gasteiger partial charge in [-0.15, -0.1) is 6.58 Å². The van der Waals surface area contributed by atoms with E-state index in [0.717, 1.165) is 19.5 Å². The summed E-state index contributed by atoms with van der Waals surface area (Å²) in [6.07, 6.45) is 5.35. The highest BCUT2D eigenvalue weighted by Gasteiger charge is 2.18. The van der Waals surface area contributed by atoms with Gasteiger partial charge in [0.2, 0.25) is 0 Å². The van der Waals surface area contributed by atoms with E-state index in [1.54, 1.807) is 0 Å². The van der Waals surface area contributed by atoms with E-state index in [0.29, 0.717) is 12.0 Å². The topological polar surface area (TPSA) is 38.0 Å². The molecule has 1 fully saturated rings. The molecule has 0 saturated carbocycles. The first-order chi connectivity index (χ1) is 5.34. The Morgan fingerprint density at radius 2 is 2.18 bits per heavy atom. The maximum atomic E-state index is 5.96. The summed E-state index contributed by atoms with van der Waals surface area (Å²) in [4.78, 5) is 0. The lowest BCUT2D eigenvalue weighted by molar-refractivity contribution is 0.319. The van der Waals surface area contributed by atoms with Gasteiger partial charge >= 0.3 is 0 Å². The Balaban J connectivity index is 2.26. The lowest BCUT2D eigenvalue weighted by Gasteiger charge is -2.27. The molecule has 0 aromatic carbocycles. The Bertz CT molecular complexity index is 117. The number of nitrogens with one attached hydrogen (secondary N) is 1. The molecule has 1 aliphatic heterocycles.